The SMILES string of the molecule is COc1ccc(OC)c(-c2ccc(=O)n(CC(=O)NCCc3ccc(OC)c(OC)c3)n2)c1. The number of nitrogens with one attached hydrogen (secondary N) is 1. The summed E-state index contributed by atoms with van der Waals surface area (Å²) in [6.45, 7) is 0.192. The Kier molecular flexibility index (Phi) is 7.91. The normalized spacial score (nSPS) is 10.4. The van der Waals surface area contributed by atoms with Crippen molar-refractivity contribution < 1.29 is 23.7 Å². The Balaban J connectivity index is 1.68. The summed E-state index contributed by atoms with van der Waals surface area (Å²) in [7, 11) is 6.26. The van der Waals surface area contributed by atoms with Gasteiger partial charge in [-0.25, -0.2) is 4.68 Å². The van der Waals surface area contributed by atoms with Crippen molar-refractivity contribution in [3.8, 4) is 34.3 Å². The summed E-state index contributed by atoms with van der Waals surface area (Å²) in [5, 5.41) is 7.17. The molecule has 0 bridgehead atoms. The van der Waals surface area contributed by atoms with E-state index in [4.69, 9.17) is 18.9 Å². The van der Waals surface area contributed by atoms with Crippen molar-refractivity contribution in [2.24, 2.45) is 0 Å². The van der Waals surface area contributed by atoms with Crippen LogP contribution in [0.1, 0.15) is 5.56 Å². The number of nitrogens with zero attached hydrogens (tertiary/aromatic N) is 2. The van der Waals surface area contributed by atoms with E-state index in [9.17, 15) is 9.59 Å². The van der Waals surface area contributed by atoms with Crippen LogP contribution in [0.3, 0.4) is 0 Å². The Morgan fingerprint density at radius 1 is 0.879 bits per heavy atom. The highest BCUT2D eigenvalue weighted by molar-refractivity contribution is 5.75. The fraction of sp³-hybridized carbons (Fsp3) is 0.292. The first-order valence-corrected chi connectivity index (χ1v) is 10.3. The molecule has 0 fully saturated rings. The van der Waals surface area contributed by atoms with Crippen LogP contribution in [0.4, 0.5) is 0 Å². The highest BCUT2D eigenvalue weighted by Gasteiger charge is 2.13. The van der Waals surface area contributed by atoms with Gasteiger partial charge in [0.1, 0.15) is 18.0 Å². The minimum absolute atomic E-state index is 0.203. The molecule has 9 nitrogen and oxygen atoms in total. The van der Waals surface area contributed by atoms with Gasteiger partial charge in [-0.05, 0) is 48.4 Å². The highest BCUT2D eigenvalue weighted by Crippen LogP contribution is 2.31. The van der Waals surface area contributed by atoms with E-state index >= 15 is 0 Å². The number of amides is 1. The van der Waals surface area contributed by atoms with E-state index in [0.717, 1.165) is 10.2 Å². The fourth-order valence-electron chi connectivity index (χ4n) is 3.29. The summed E-state index contributed by atoms with van der Waals surface area (Å²) in [4.78, 5) is 24.7. The number of methoxy groups -OCH3 is 4. The van der Waals surface area contributed by atoms with Crippen molar-refractivity contribution in [3.63, 3.8) is 0 Å². The van der Waals surface area contributed by atoms with Crippen molar-refractivity contribution >= 4 is 5.91 Å². The van der Waals surface area contributed by atoms with Crippen molar-refractivity contribution in [2.45, 2.75) is 13.0 Å². The first kappa shape index (κ1) is 23.6. The first-order chi connectivity index (χ1) is 16.0. The van der Waals surface area contributed by atoms with Gasteiger partial charge >= 0.3 is 0 Å². The summed E-state index contributed by atoms with van der Waals surface area (Å²) in [5.74, 6) is 2.15. The fourth-order valence-corrected chi connectivity index (χ4v) is 3.29. The molecule has 3 rings (SSSR count). The van der Waals surface area contributed by atoms with Crippen LogP contribution in [-0.2, 0) is 17.8 Å². The number of benzene rings is 2. The predicted molar refractivity (Wildman–Crippen MR) is 123 cm³/mol. The van der Waals surface area contributed by atoms with Crippen molar-refractivity contribution in [2.75, 3.05) is 35.0 Å². The Hall–Kier alpha value is -4.01. The van der Waals surface area contributed by atoms with E-state index in [1.54, 1.807) is 52.7 Å². The van der Waals surface area contributed by atoms with Crippen LogP contribution in [0.5, 0.6) is 23.0 Å². The lowest BCUT2D eigenvalue weighted by Crippen LogP contribution is -2.34. The third kappa shape index (κ3) is 5.82. The molecule has 1 aromatic heterocycles. The molecule has 0 atom stereocenters. The average molecular weight is 453 g/mol. The Morgan fingerprint density at radius 2 is 1.61 bits per heavy atom. The number of aromatic nitrogens is 2. The van der Waals surface area contributed by atoms with Gasteiger partial charge in [-0.1, -0.05) is 6.07 Å². The van der Waals surface area contributed by atoms with E-state index < -0.39 is 0 Å². The van der Waals surface area contributed by atoms with Gasteiger partial charge in [-0.15, -0.1) is 0 Å². The molecule has 3 aromatic rings. The van der Waals surface area contributed by atoms with Gasteiger partial charge in [0, 0.05) is 18.2 Å². The topological polar surface area (TPSA) is 101 Å². The highest BCUT2D eigenvalue weighted by atomic mass is 16.5. The molecule has 1 heterocycles. The third-order valence-electron chi connectivity index (χ3n) is 5.03. The maximum atomic E-state index is 12.4. The molecule has 2 aromatic carbocycles. The molecule has 0 aliphatic heterocycles. The van der Waals surface area contributed by atoms with E-state index in [1.165, 1.54) is 6.07 Å². The number of hydrogen-bond acceptors (Lipinski definition) is 7. The maximum Gasteiger partial charge on any atom is 0.267 e. The van der Waals surface area contributed by atoms with Crippen LogP contribution in [0.25, 0.3) is 11.3 Å². The molecule has 0 aliphatic rings. The second-order valence-corrected chi connectivity index (χ2v) is 7.07. The lowest BCUT2D eigenvalue weighted by molar-refractivity contribution is -0.121. The summed E-state index contributed by atoms with van der Waals surface area (Å²) in [6.07, 6.45) is 0.593. The van der Waals surface area contributed by atoms with Gasteiger partial charge in [0.15, 0.2) is 11.5 Å². The average Bonchev–Trinajstić information content (AvgIpc) is 2.84. The van der Waals surface area contributed by atoms with Gasteiger partial charge < -0.3 is 24.3 Å². The van der Waals surface area contributed by atoms with Crippen molar-refractivity contribution in [1.82, 2.24) is 15.1 Å². The molecule has 1 N–H and O–H groups in total. The van der Waals surface area contributed by atoms with Crippen LogP contribution < -0.4 is 29.8 Å². The van der Waals surface area contributed by atoms with E-state index in [0.29, 0.717) is 47.2 Å². The summed E-state index contributed by atoms with van der Waals surface area (Å²) in [5.41, 5.74) is 1.74. The molecule has 0 spiro atoms. The first-order valence-electron chi connectivity index (χ1n) is 10.3. The molecular weight excluding hydrogens is 426 g/mol. The van der Waals surface area contributed by atoms with Gasteiger partial charge in [0.05, 0.1) is 34.1 Å². The summed E-state index contributed by atoms with van der Waals surface area (Å²) < 4.78 is 22.3. The van der Waals surface area contributed by atoms with Gasteiger partial charge in [0.2, 0.25) is 5.91 Å². The zero-order valence-electron chi connectivity index (χ0n) is 19.1. The van der Waals surface area contributed by atoms with E-state index in [2.05, 4.69) is 10.4 Å². The number of ether oxygens (including phenoxy) is 4. The van der Waals surface area contributed by atoms with Gasteiger partial charge in [-0.2, -0.15) is 5.10 Å². The van der Waals surface area contributed by atoms with Crippen molar-refractivity contribution in [1.29, 1.82) is 0 Å². The Bertz CT molecular complexity index is 1180. The van der Waals surface area contributed by atoms with Crippen LogP contribution in [0.15, 0.2) is 53.3 Å². The van der Waals surface area contributed by atoms with Gasteiger partial charge in [0.25, 0.3) is 5.56 Å². The van der Waals surface area contributed by atoms with Crippen LogP contribution in [0.2, 0.25) is 0 Å². The van der Waals surface area contributed by atoms with Crippen LogP contribution in [-0.4, -0.2) is 50.7 Å². The molecule has 1 amide bonds. The zero-order chi connectivity index (χ0) is 23.8. The second-order valence-electron chi connectivity index (χ2n) is 7.07. The predicted octanol–water partition coefficient (Wildman–Crippen LogP) is 2.30. The quantitative estimate of drug-likeness (QED) is 0.503. The van der Waals surface area contributed by atoms with Crippen LogP contribution in [0, 0.1) is 0 Å². The lowest BCUT2D eigenvalue weighted by Gasteiger charge is -2.12. The lowest BCUT2D eigenvalue weighted by atomic mass is 10.1. The molecule has 33 heavy (non-hydrogen) atoms. The van der Waals surface area contributed by atoms with E-state index in [1.807, 2.05) is 18.2 Å². The number of carbonyl (C=O) groups excluding carboxylic acids is 1. The monoisotopic (exact) mass is 453 g/mol. The molecule has 0 aliphatic carbocycles. The molecule has 0 unspecified atom stereocenters. The maximum absolute atomic E-state index is 12.4. The minimum atomic E-state index is -0.379. The third-order valence-corrected chi connectivity index (χ3v) is 5.03. The van der Waals surface area contributed by atoms with Crippen molar-refractivity contribution in [3.05, 3.63) is 64.4 Å². The Labute approximate surface area is 191 Å². The summed E-state index contributed by atoms with van der Waals surface area (Å²) >= 11 is 0. The van der Waals surface area contributed by atoms with Gasteiger partial charge in [-0.3, -0.25) is 9.59 Å². The Morgan fingerprint density at radius 3 is 2.30 bits per heavy atom. The second kappa shape index (κ2) is 11.0. The number of carbonyl (C=O) groups is 1. The smallest absolute Gasteiger partial charge is 0.267 e. The minimum Gasteiger partial charge on any atom is -0.497 e. The van der Waals surface area contributed by atoms with E-state index in [-0.39, 0.29) is 18.0 Å². The number of rotatable bonds is 10. The molecule has 0 saturated carbocycles. The molecule has 0 radical (unpaired) electrons. The molecule has 9 heteroatoms. The standard InChI is InChI=1S/C24H27N3O6/c1-30-17-6-9-20(31-2)18(14-17)19-7-10-24(29)27(26-19)15-23(28)25-12-11-16-5-8-21(32-3)22(13-16)33-4/h5-10,13-14H,11-12,15H2,1-4H3,(H,25,28). The largest absolute Gasteiger partial charge is 0.497 e. The number of hydrogen-bond donors (Lipinski definition) is 1. The molecule has 174 valence electrons. The molecule has 0 saturated heterocycles. The molecular formula is C24H27N3O6. The van der Waals surface area contributed by atoms with Crippen LogP contribution >= 0.6 is 0 Å². The zero-order valence-corrected chi connectivity index (χ0v) is 19.1. The summed E-state index contributed by atoms with van der Waals surface area (Å²) in [6, 6.07) is 13.8.